The molecule has 202 valence electrons. The highest BCUT2D eigenvalue weighted by Crippen LogP contribution is 2.27. The molecule has 0 saturated heterocycles. The second-order valence-corrected chi connectivity index (χ2v) is 9.93. The van der Waals surface area contributed by atoms with E-state index in [-0.39, 0.29) is 12.2 Å². The van der Waals surface area contributed by atoms with Crippen LogP contribution < -0.4 is 15.4 Å². The van der Waals surface area contributed by atoms with Crippen LogP contribution in [-0.4, -0.2) is 38.2 Å². The van der Waals surface area contributed by atoms with Crippen molar-refractivity contribution in [3.63, 3.8) is 0 Å². The zero-order valence-electron chi connectivity index (χ0n) is 22.1. The van der Waals surface area contributed by atoms with Crippen LogP contribution in [0.1, 0.15) is 26.5 Å². The van der Waals surface area contributed by atoms with E-state index in [2.05, 4.69) is 20.6 Å². The van der Waals surface area contributed by atoms with Gasteiger partial charge in [0, 0.05) is 25.9 Å². The first-order valence-corrected chi connectivity index (χ1v) is 12.3. The zero-order valence-corrected chi connectivity index (χ0v) is 22.1. The van der Waals surface area contributed by atoms with Crippen molar-refractivity contribution in [3.05, 3.63) is 90.9 Å². The second-order valence-electron chi connectivity index (χ2n) is 9.93. The number of benzene rings is 2. The minimum Gasteiger partial charge on any atom is -0.457 e. The summed E-state index contributed by atoms with van der Waals surface area (Å²) < 4.78 is 26.0. The zero-order chi connectivity index (χ0) is 28.0. The molecule has 0 aliphatic heterocycles. The van der Waals surface area contributed by atoms with E-state index in [0.717, 1.165) is 11.1 Å². The van der Waals surface area contributed by atoms with E-state index in [0.29, 0.717) is 23.0 Å². The molecule has 9 nitrogen and oxygen atoms in total. The number of hydrogen-bond donors (Lipinski definition) is 2. The van der Waals surface area contributed by atoms with Crippen LogP contribution in [0.15, 0.2) is 79.4 Å². The molecule has 0 spiro atoms. The van der Waals surface area contributed by atoms with Gasteiger partial charge in [-0.25, -0.2) is 19.2 Å². The molecule has 0 aliphatic carbocycles. The number of rotatable bonds is 8. The summed E-state index contributed by atoms with van der Waals surface area (Å²) in [5.41, 5.74) is 1.61. The van der Waals surface area contributed by atoms with E-state index in [1.165, 1.54) is 12.1 Å². The Morgan fingerprint density at radius 1 is 0.974 bits per heavy atom. The highest BCUT2D eigenvalue weighted by Gasteiger charge is 2.26. The van der Waals surface area contributed by atoms with Gasteiger partial charge in [-0.3, -0.25) is 4.79 Å². The Balaban J connectivity index is 1.46. The van der Waals surface area contributed by atoms with Gasteiger partial charge in [0.1, 0.15) is 34.8 Å². The molecule has 2 aromatic carbocycles. The van der Waals surface area contributed by atoms with E-state index in [9.17, 15) is 14.0 Å². The van der Waals surface area contributed by atoms with Gasteiger partial charge in [0.2, 0.25) is 5.91 Å². The summed E-state index contributed by atoms with van der Waals surface area (Å²) in [6, 6.07) is 15.7. The molecule has 39 heavy (non-hydrogen) atoms. The number of imidazole rings is 1. The highest BCUT2D eigenvalue weighted by atomic mass is 19.1. The summed E-state index contributed by atoms with van der Waals surface area (Å²) in [6.07, 6.45) is 4.45. The van der Waals surface area contributed by atoms with Gasteiger partial charge < -0.3 is 24.7 Å². The number of nitrogens with one attached hydrogen (secondary N) is 2. The Hall–Kier alpha value is -4.73. The van der Waals surface area contributed by atoms with Crippen molar-refractivity contribution in [1.82, 2.24) is 19.9 Å². The average molecular weight is 532 g/mol. The second kappa shape index (κ2) is 11.8. The van der Waals surface area contributed by atoms with Crippen LogP contribution in [0.2, 0.25) is 0 Å². The van der Waals surface area contributed by atoms with Gasteiger partial charge in [0.15, 0.2) is 0 Å². The van der Waals surface area contributed by atoms with Crippen LogP contribution >= 0.6 is 0 Å². The molecule has 0 fully saturated rings. The predicted molar refractivity (Wildman–Crippen MR) is 145 cm³/mol. The number of pyridine rings is 1. The van der Waals surface area contributed by atoms with Gasteiger partial charge in [-0.1, -0.05) is 12.1 Å². The number of nitrogens with zero attached hydrogens (tertiary/aromatic N) is 3. The van der Waals surface area contributed by atoms with Crippen LogP contribution in [0.4, 0.5) is 15.0 Å². The molecule has 0 unspecified atom stereocenters. The third-order valence-electron chi connectivity index (χ3n) is 5.43. The van der Waals surface area contributed by atoms with Gasteiger partial charge in [-0.05, 0) is 80.4 Å². The number of aryl methyl sites for hydroxylation is 1. The van der Waals surface area contributed by atoms with E-state index >= 15 is 0 Å². The normalized spacial score (nSPS) is 11.9. The first kappa shape index (κ1) is 27.3. The first-order valence-electron chi connectivity index (χ1n) is 12.3. The molecular weight excluding hydrogens is 501 g/mol. The van der Waals surface area contributed by atoms with Gasteiger partial charge in [0.05, 0.1) is 12.0 Å². The van der Waals surface area contributed by atoms with Crippen molar-refractivity contribution in [2.75, 3.05) is 5.32 Å². The molecule has 0 bridgehead atoms. The van der Waals surface area contributed by atoms with E-state index in [1.807, 2.05) is 25.2 Å². The fourth-order valence-corrected chi connectivity index (χ4v) is 3.69. The number of hydrogen-bond acceptors (Lipinski definition) is 6. The lowest BCUT2D eigenvalue weighted by atomic mass is 10.1. The summed E-state index contributed by atoms with van der Waals surface area (Å²) in [4.78, 5) is 34.2. The van der Waals surface area contributed by atoms with Gasteiger partial charge in [-0.15, -0.1) is 0 Å². The molecule has 0 saturated carbocycles. The van der Waals surface area contributed by atoms with Gasteiger partial charge in [0.25, 0.3) is 0 Å². The molecule has 2 amide bonds. The number of halogens is 1. The van der Waals surface area contributed by atoms with Gasteiger partial charge in [-0.2, -0.15) is 0 Å². The Kier molecular flexibility index (Phi) is 8.24. The van der Waals surface area contributed by atoms with Crippen LogP contribution in [0.5, 0.6) is 11.5 Å². The number of aromatic nitrogens is 3. The number of carbonyl (C=O) groups excluding carboxylic acids is 2. The molecule has 0 radical (unpaired) electrons. The van der Waals surface area contributed by atoms with Crippen molar-refractivity contribution in [2.24, 2.45) is 7.05 Å². The van der Waals surface area contributed by atoms with Crippen molar-refractivity contribution < 1.29 is 23.5 Å². The van der Waals surface area contributed by atoms with Crippen molar-refractivity contribution in [3.8, 4) is 22.6 Å². The summed E-state index contributed by atoms with van der Waals surface area (Å²) in [5, 5.41) is 5.43. The Morgan fingerprint density at radius 2 is 1.64 bits per heavy atom. The lowest BCUT2D eigenvalue weighted by molar-refractivity contribution is -0.118. The number of amides is 2. The van der Waals surface area contributed by atoms with Gasteiger partial charge >= 0.3 is 6.09 Å². The van der Waals surface area contributed by atoms with Crippen LogP contribution in [0, 0.1) is 5.82 Å². The SMILES string of the molecule is Cn1cnc(C[C@H](NC(=O)OC(C)(C)C)C(=O)Nc2cc(-c3ccc(Oc4ccc(F)cc4)cc3)ccn2)c1. The predicted octanol–water partition coefficient (Wildman–Crippen LogP) is 5.49. The van der Waals surface area contributed by atoms with Crippen LogP contribution in [-0.2, 0) is 23.0 Å². The monoisotopic (exact) mass is 531 g/mol. The maximum Gasteiger partial charge on any atom is 0.408 e. The lowest BCUT2D eigenvalue weighted by Gasteiger charge is -2.23. The standard InChI is InChI=1S/C29H30FN5O4/c1-29(2,3)39-28(37)33-25(16-22-17-35(4)18-32-22)27(36)34-26-15-20(13-14-31-26)19-5-9-23(10-6-19)38-24-11-7-21(30)8-12-24/h5-15,17-18,25H,16H2,1-4H3,(H,33,37)(H,31,34,36)/t25-/m0/s1. The summed E-state index contributed by atoms with van der Waals surface area (Å²) in [5.74, 6) is 0.652. The summed E-state index contributed by atoms with van der Waals surface area (Å²) in [7, 11) is 1.82. The van der Waals surface area contributed by atoms with Crippen LogP contribution in [0.25, 0.3) is 11.1 Å². The van der Waals surface area contributed by atoms with E-state index in [4.69, 9.17) is 9.47 Å². The summed E-state index contributed by atoms with van der Waals surface area (Å²) >= 11 is 0. The summed E-state index contributed by atoms with van der Waals surface area (Å²) in [6.45, 7) is 5.24. The van der Waals surface area contributed by atoms with E-state index in [1.54, 1.807) is 74.4 Å². The topological polar surface area (TPSA) is 107 Å². The number of anilines is 1. The molecule has 2 N–H and O–H groups in total. The minimum absolute atomic E-state index is 0.168. The van der Waals surface area contributed by atoms with Crippen molar-refractivity contribution >= 4 is 17.8 Å². The minimum atomic E-state index is -0.942. The molecule has 0 aliphatic rings. The Bertz CT molecular complexity index is 1430. The third kappa shape index (κ3) is 8.13. The number of alkyl carbamates (subject to hydrolysis) is 1. The Labute approximate surface area is 226 Å². The number of carbonyl (C=O) groups is 2. The fourth-order valence-electron chi connectivity index (χ4n) is 3.69. The molecule has 2 heterocycles. The molecule has 2 aromatic heterocycles. The maximum absolute atomic E-state index is 13.2. The Morgan fingerprint density at radius 3 is 2.26 bits per heavy atom. The van der Waals surface area contributed by atoms with Crippen LogP contribution in [0.3, 0.4) is 0 Å². The quantitative estimate of drug-likeness (QED) is 0.311. The largest absolute Gasteiger partial charge is 0.457 e. The first-order chi connectivity index (χ1) is 18.5. The lowest BCUT2D eigenvalue weighted by Crippen LogP contribution is -2.47. The molecule has 4 aromatic rings. The average Bonchev–Trinajstić information content (AvgIpc) is 3.29. The number of ether oxygens (including phenoxy) is 2. The third-order valence-corrected chi connectivity index (χ3v) is 5.43. The van der Waals surface area contributed by atoms with Crippen molar-refractivity contribution in [2.45, 2.75) is 38.8 Å². The molecule has 4 rings (SSSR count). The fraction of sp³-hybridized carbons (Fsp3) is 0.241. The van der Waals surface area contributed by atoms with E-state index < -0.39 is 23.6 Å². The molecular formula is C29H30FN5O4. The maximum atomic E-state index is 13.2. The smallest absolute Gasteiger partial charge is 0.408 e. The molecule has 10 heteroatoms. The highest BCUT2D eigenvalue weighted by molar-refractivity contribution is 5.96. The molecule has 1 atom stereocenters. The van der Waals surface area contributed by atoms with Crippen molar-refractivity contribution in [1.29, 1.82) is 0 Å².